The van der Waals surface area contributed by atoms with E-state index in [0.29, 0.717) is 22.9 Å². The van der Waals surface area contributed by atoms with Crippen LogP contribution in [-0.2, 0) is 14.4 Å². The largest absolute Gasteiger partial charge is 0.392 e. The Balaban J connectivity index is 1.99. The molecule has 7 nitrogen and oxygen atoms in total. The van der Waals surface area contributed by atoms with E-state index in [1.165, 1.54) is 18.2 Å². The average molecular weight is 601 g/mol. The van der Waals surface area contributed by atoms with E-state index in [4.69, 9.17) is 5.73 Å². The van der Waals surface area contributed by atoms with E-state index in [9.17, 15) is 45.1 Å². The number of para-hydroxylation sites is 1. The van der Waals surface area contributed by atoms with E-state index in [1.54, 1.807) is 25.1 Å². The third-order valence-corrected chi connectivity index (χ3v) is 6.49. The summed E-state index contributed by atoms with van der Waals surface area (Å²) in [6.45, 7) is 1.68. The van der Waals surface area contributed by atoms with Gasteiger partial charge in [0.05, 0.1) is 29.7 Å². The normalized spacial score (nSPS) is 17.1. The SMILES string of the molecule is Cc1cccc2c1NC(=O)[C@@H](NC(=O)[C@H](CCC(F)(F)F)[C@H](C/C=C/CC(F)(F)F)C(N)=O)N=C2c1cccc(F)c1. The maximum Gasteiger partial charge on any atom is 0.392 e. The topological polar surface area (TPSA) is 114 Å². The van der Waals surface area contributed by atoms with Gasteiger partial charge in [-0.3, -0.25) is 14.4 Å². The number of fused-ring (bicyclic) bond motifs is 1. The summed E-state index contributed by atoms with van der Waals surface area (Å²) in [7, 11) is 0. The number of primary amides is 1. The van der Waals surface area contributed by atoms with E-state index < -0.39 is 79.6 Å². The third kappa shape index (κ3) is 8.88. The Morgan fingerprint density at radius 2 is 1.74 bits per heavy atom. The summed E-state index contributed by atoms with van der Waals surface area (Å²) in [6.07, 6.45) is -13.8. The van der Waals surface area contributed by atoms with Crippen LogP contribution in [0.1, 0.15) is 42.4 Å². The molecule has 1 aliphatic rings. The van der Waals surface area contributed by atoms with Crippen molar-refractivity contribution in [3.63, 3.8) is 0 Å². The number of halogens is 7. The van der Waals surface area contributed by atoms with E-state index in [-0.39, 0.29) is 11.3 Å². The molecule has 14 heteroatoms. The number of nitrogens with zero attached hydrogens (tertiary/aromatic N) is 1. The molecular weight excluding hydrogens is 573 g/mol. The molecule has 0 aromatic heterocycles. The van der Waals surface area contributed by atoms with Crippen molar-refractivity contribution in [3.05, 3.63) is 77.1 Å². The minimum absolute atomic E-state index is 0.0882. The number of hydrogen-bond acceptors (Lipinski definition) is 4. The van der Waals surface area contributed by atoms with Crippen LogP contribution >= 0.6 is 0 Å². The van der Waals surface area contributed by atoms with E-state index in [2.05, 4.69) is 15.6 Å². The van der Waals surface area contributed by atoms with Gasteiger partial charge in [0.1, 0.15) is 5.82 Å². The molecule has 0 spiro atoms. The van der Waals surface area contributed by atoms with Crippen molar-refractivity contribution in [2.45, 2.75) is 51.1 Å². The zero-order valence-corrected chi connectivity index (χ0v) is 22.2. The van der Waals surface area contributed by atoms with Gasteiger partial charge in [-0.15, -0.1) is 0 Å². The molecule has 0 bridgehead atoms. The number of anilines is 1. The molecule has 42 heavy (non-hydrogen) atoms. The first kappa shape index (κ1) is 32.3. The van der Waals surface area contributed by atoms with Crippen LogP contribution < -0.4 is 16.4 Å². The van der Waals surface area contributed by atoms with E-state index in [1.807, 2.05) is 0 Å². The standard InChI is InChI=1S/C28H27F7N4O3/c1-15-6-4-10-20-21(15)38-26(42)24(37-22(20)16-7-5-8-17(29)14-16)39-25(41)19(11-13-28(33,34)35)18(23(36)40)9-2-3-12-27(30,31)32/h2-8,10,14,18-19,24H,9,11-13H2,1H3,(H2,36,40)(H,38,42)(H,39,41)/b3-2+/t18-,19+,24+/m0/s1. The maximum atomic E-state index is 14.1. The van der Waals surface area contributed by atoms with Gasteiger partial charge in [-0.25, -0.2) is 9.38 Å². The first-order valence-electron chi connectivity index (χ1n) is 12.7. The van der Waals surface area contributed by atoms with Gasteiger partial charge in [-0.2, -0.15) is 26.3 Å². The smallest absolute Gasteiger partial charge is 0.369 e. The minimum Gasteiger partial charge on any atom is -0.369 e. The van der Waals surface area contributed by atoms with E-state index >= 15 is 0 Å². The fourth-order valence-corrected chi connectivity index (χ4v) is 4.46. The molecule has 3 atom stereocenters. The van der Waals surface area contributed by atoms with Gasteiger partial charge < -0.3 is 16.4 Å². The second-order valence-corrected chi connectivity index (χ2v) is 9.68. The van der Waals surface area contributed by atoms with Crippen molar-refractivity contribution in [1.82, 2.24) is 5.32 Å². The molecule has 0 saturated carbocycles. The van der Waals surface area contributed by atoms with Crippen LogP contribution in [-0.4, -0.2) is 42.0 Å². The lowest BCUT2D eigenvalue weighted by molar-refractivity contribution is -0.146. The molecule has 1 aliphatic heterocycles. The van der Waals surface area contributed by atoms with Crippen molar-refractivity contribution in [1.29, 1.82) is 0 Å². The predicted octanol–water partition coefficient (Wildman–Crippen LogP) is 5.32. The summed E-state index contributed by atoms with van der Waals surface area (Å²) >= 11 is 0. The second-order valence-electron chi connectivity index (χ2n) is 9.68. The highest BCUT2D eigenvalue weighted by Crippen LogP contribution is 2.31. The number of carbonyl (C=O) groups excluding carboxylic acids is 3. The highest BCUT2D eigenvalue weighted by Gasteiger charge is 2.38. The number of nitrogens with two attached hydrogens (primary N) is 1. The molecule has 2 aromatic carbocycles. The molecular formula is C28H27F7N4O3. The number of rotatable bonds is 10. The van der Waals surface area contributed by atoms with Crippen LogP contribution in [0.15, 0.2) is 59.6 Å². The summed E-state index contributed by atoms with van der Waals surface area (Å²) in [5.74, 6) is -7.31. The lowest BCUT2D eigenvalue weighted by Crippen LogP contribution is -2.48. The monoisotopic (exact) mass is 600 g/mol. The highest BCUT2D eigenvalue weighted by molar-refractivity contribution is 6.20. The van der Waals surface area contributed by atoms with Gasteiger partial charge in [0, 0.05) is 17.5 Å². The van der Waals surface area contributed by atoms with Gasteiger partial charge in [-0.05, 0) is 37.5 Å². The number of benzodiazepines with no additional fused rings is 1. The fourth-order valence-electron chi connectivity index (χ4n) is 4.46. The first-order chi connectivity index (χ1) is 19.6. The molecule has 4 N–H and O–H groups in total. The molecule has 226 valence electrons. The number of amides is 3. The van der Waals surface area contributed by atoms with E-state index in [0.717, 1.165) is 12.1 Å². The molecule has 3 amide bonds. The quantitative estimate of drug-likeness (QED) is 0.253. The van der Waals surface area contributed by atoms with Crippen LogP contribution in [0.3, 0.4) is 0 Å². The summed E-state index contributed by atoms with van der Waals surface area (Å²) in [6, 6.07) is 10.2. The maximum absolute atomic E-state index is 14.1. The third-order valence-electron chi connectivity index (χ3n) is 6.49. The number of nitrogens with one attached hydrogen (secondary N) is 2. The summed E-state index contributed by atoms with van der Waals surface area (Å²) in [5.41, 5.74) is 6.96. The summed E-state index contributed by atoms with van der Waals surface area (Å²) < 4.78 is 91.0. The highest BCUT2D eigenvalue weighted by atomic mass is 19.4. The first-order valence-corrected chi connectivity index (χ1v) is 12.7. The molecule has 0 radical (unpaired) electrons. The fraction of sp³-hybridized carbons (Fsp3) is 0.357. The van der Waals surface area contributed by atoms with Crippen molar-refractivity contribution in [3.8, 4) is 0 Å². The summed E-state index contributed by atoms with van der Waals surface area (Å²) in [4.78, 5) is 43.0. The Hall–Kier alpha value is -4.23. The minimum atomic E-state index is -4.74. The second kappa shape index (κ2) is 13.2. The van der Waals surface area contributed by atoms with Gasteiger partial charge >= 0.3 is 12.4 Å². The number of benzene rings is 2. The van der Waals surface area contributed by atoms with Crippen LogP contribution in [0.25, 0.3) is 0 Å². The number of aliphatic imine (C=N–C) groups is 1. The zero-order valence-electron chi connectivity index (χ0n) is 22.2. The molecule has 0 fully saturated rings. The molecule has 0 aliphatic carbocycles. The van der Waals surface area contributed by atoms with Gasteiger partial charge in [0.25, 0.3) is 5.91 Å². The van der Waals surface area contributed by atoms with Gasteiger partial charge in [-0.1, -0.05) is 42.5 Å². The molecule has 3 rings (SSSR count). The van der Waals surface area contributed by atoms with Crippen LogP contribution in [0, 0.1) is 24.6 Å². The van der Waals surface area contributed by atoms with Crippen LogP contribution in [0.2, 0.25) is 0 Å². The van der Waals surface area contributed by atoms with Gasteiger partial charge in [0.15, 0.2) is 0 Å². The Morgan fingerprint density at radius 1 is 1.05 bits per heavy atom. The van der Waals surface area contributed by atoms with Crippen molar-refractivity contribution < 1.29 is 45.1 Å². The predicted molar refractivity (Wildman–Crippen MR) is 140 cm³/mol. The van der Waals surface area contributed by atoms with Crippen molar-refractivity contribution in [2.75, 3.05) is 5.32 Å². The number of carbonyl (C=O) groups is 3. The average Bonchev–Trinajstić information content (AvgIpc) is 3.01. The zero-order chi connectivity index (χ0) is 31.2. The number of aryl methyl sites for hydroxylation is 1. The van der Waals surface area contributed by atoms with Crippen molar-refractivity contribution >= 4 is 29.1 Å². The summed E-state index contributed by atoms with van der Waals surface area (Å²) in [5, 5.41) is 4.86. The van der Waals surface area contributed by atoms with Crippen LogP contribution in [0.5, 0.6) is 0 Å². The molecule has 1 heterocycles. The van der Waals surface area contributed by atoms with Gasteiger partial charge in [0.2, 0.25) is 18.0 Å². The number of hydrogen-bond donors (Lipinski definition) is 3. The number of allylic oxidation sites excluding steroid dienone is 2. The Kier molecular flexibility index (Phi) is 10.1. The Labute approximate surface area is 236 Å². The lowest BCUT2D eigenvalue weighted by Gasteiger charge is -2.25. The van der Waals surface area contributed by atoms with Crippen LogP contribution in [0.4, 0.5) is 36.4 Å². The molecule has 0 saturated heterocycles. The molecule has 0 unspecified atom stereocenters. The Morgan fingerprint density at radius 3 is 2.36 bits per heavy atom. The molecule has 2 aromatic rings. The lowest BCUT2D eigenvalue weighted by atomic mass is 9.84. The van der Waals surface area contributed by atoms with Crippen molar-refractivity contribution in [2.24, 2.45) is 22.6 Å². The Bertz CT molecular complexity index is 1390. The number of alkyl halides is 6.